The third kappa shape index (κ3) is 2.30. The Hall–Kier alpha value is -0.900. The SMILES string of the molecule is CCCOC1=NCC(Cl)=C(O)N1. The van der Waals surface area contributed by atoms with Gasteiger partial charge in [-0.1, -0.05) is 18.5 Å². The molecule has 1 aliphatic heterocycles. The molecule has 12 heavy (non-hydrogen) atoms. The van der Waals surface area contributed by atoms with Gasteiger partial charge in [0.25, 0.3) is 6.02 Å². The predicted octanol–water partition coefficient (Wildman–Crippen LogP) is 1.34. The van der Waals surface area contributed by atoms with E-state index >= 15 is 0 Å². The smallest absolute Gasteiger partial charge is 0.291 e. The highest BCUT2D eigenvalue weighted by atomic mass is 35.5. The molecule has 0 saturated heterocycles. The van der Waals surface area contributed by atoms with Crippen molar-refractivity contribution in [2.24, 2.45) is 4.99 Å². The molecule has 0 fully saturated rings. The zero-order valence-corrected chi connectivity index (χ0v) is 7.56. The molecular weight excluding hydrogens is 180 g/mol. The Morgan fingerprint density at radius 3 is 3.08 bits per heavy atom. The Balaban J connectivity index is 2.41. The molecule has 68 valence electrons. The van der Waals surface area contributed by atoms with Crippen molar-refractivity contribution >= 4 is 17.6 Å². The van der Waals surface area contributed by atoms with E-state index in [1.807, 2.05) is 6.92 Å². The number of hydrogen-bond acceptors (Lipinski definition) is 4. The van der Waals surface area contributed by atoms with Gasteiger partial charge in [0.1, 0.15) is 0 Å². The van der Waals surface area contributed by atoms with Gasteiger partial charge < -0.3 is 9.84 Å². The minimum absolute atomic E-state index is 0.0715. The van der Waals surface area contributed by atoms with E-state index in [4.69, 9.17) is 21.4 Å². The van der Waals surface area contributed by atoms with Crippen LogP contribution in [0.15, 0.2) is 15.9 Å². The van der Waals surface area contributed by atoms with Crippen molar-refractivity contribution in [2.75, 3.05) is 13.2 Å². The van der Waals surface area contributed by atoms with Crippen LogP contribution in [-0.4, -0.2) is 24.3 Å². The second-order valence-electron chi connectivity index (χ2n) is 2.35. The Kier molecular flexibility index (Phi) is 3.22. The zero-order valence-electron chi connectivity index (χ0n) is 6.80. The summed E-state index contributed by atoms with van der Waals surface area (Å²) in [5.74, 6) is -0.0715. The average Bonchev–Trinajstić information content (AvgIpc) is 2.07. The van der Waals surface area contributed by atoms with Crippen molar-refractivity contribution in [3.63, 3.8) is 0 Å². The van der Waals surface area contributed by atoms with E-state index in [-0.39, 0.29) is 12.4 Å². The maximum Gasteiger partial charge on any atom is 0.291 e. The van der Waals surface area contributed by atoms with Crippen LogP contribution in [0.5, 0.6) is 0 Å². The molecule has 0 bridgehead atoms. The van der Waals surface area contributed by atoms with E-state index in [1.165, 1.54) is 0 Å². The van der Waals surface area contributed by atoms with Gasteiger partial charge in [0.2, 0.25) is 5.88 Å². The molecule has 0 spiro atoms. The van der Waals surface area contributed by atoms with Crippen LogP contribution in [0.2, 0.25) is 0 Å². The summed E-state index contributed by atoms with van der Waals surface area (Å²) in [6, 6.07) is 0.332. The standard InChI is InChI=1S/C7H11ClN2O2/c1-2-3-12-7-9-4-5(8)6(11)10-7/h11H,2-4H2,1H3,(H,9,10). The fourth-order valence-corrected chi connectivity index (χ4v) is 0.812. The minimum atomic E-state index is -0.0715. The molecule has 1 heterocycles. The Labute approximate surface area is 75.9 Å². The summed E-state index contributed by atoms with van der Waals surface area (Å²) >= 11 is 5.57. The van der Waals surface area contributed by atoms with Crippen LogP contribution in [0.25, 0.3) is 0 Å². The van der Waals surface area contributed by atoms with E-state index < -0.39 is 0 Å². The average molecular weight is 191 g/mol. The highest BCUT2D eigenvalue weighted by molar-refractivity contribution is 6.30. The first-order valence-corrected chi connectivity index (χ1v) is 4.13. The summed E-state index contributed by atoms with van der Waals surface area (Å²) in [6.07, 6.45) is 0.902. The molecule has 0 aliphatic carbocycles. The lowest BCUT2D eigenvalue weighted by molar-refractivity contribution is 0.274. The number of halogens is 1. The van der Waals surface area contributed by atoms with Crippen LogP contribution in [0.4, 0.5) is 0 Å². The number of hydrogen-bond donors (Lipinski definition) is 2. The number of aliphatic imine (C=N–C) groups is 1. The third-order valence-corrected chi connectivity index (χ3v) is 1.59. The molecule has 1 rings (SSSR count). The van der Waals surface area contributed by atoms with Gasteiger partial charge in [-0.25, -0.2) is 4.99 Å². The Morgan fingerprint density at radius 1 is 1.75 bits per heavy atom. The Morgan fingerprint density at radius 2 is 2.50 bits per heavy atom. The van der Waals surface area contributed by atoms with Crippen LogP contribution in [0, 0.1) is 0 Å². The largest absolute Gasteiger partial charge is 0.494 e. The van der Waals surface area contributed by atoms with E-state index in [0.717, 1.165) is 6.42 Å². The lowest BCUT2D eigenvalue weighted by Gasteiger charge is -2.14. The van der Waals surface area contributed by atoms with E-state index in [9.17, 15) is 0 Å². The lowest BCUT2D eigenvalue weighted by atomic mass is 10.5. The number of amidine groups is 1. The molecule has 0 aromatic heterocycles. The van der Waals surface area contributed by atoms with E-state index in [0.29, 0.717) is 17.7 Å². The normalized spacial score (nSPS) is 17.0. The first-order chi connectivity index (χ1) is 5.74. The third-order valence-electron chi connectivity index (χ3n) is 1.29. The summed E-state index contributed by atoms with van der Waals surface area (Å²) in [5, 5.41) is 12.0. The molecule has 0 atom stereocenters. The molecule has 0 aromatic rings. The zero-order chi connectivity index (χ0) is 8.97. The molecule has 0 radical (unpaired) electrons. The maximum atomic E-state index is 9.12. The quantitative estimate of drug-likeness (QED) is 0.691. The van der Waals surface area contributed by atoms with E-state index in [2.05, 4.69) is 10.3 Å². The molecule has 0 amide bonds. The van der Waals surface area contributed by atoms with Gasteiger partial charge in [-0.05, 0) is 6.42 Å². The summed E-state index contributed by atoms with van der Waals surface area (Å²) in [7, 11) is 0. The molecule has 2 N–H and O–H groups in total. The van der Waals surface area contributed by atoms with Crippen LogP contribution in [0.3, 0.4) is 0 Å². The molecule has 4 nitrogen and oxygen atoms in total. The predicted molar refractivity (Wildman–Crippen MR) is 47.2 cm³/mol. The first kappa shape index (κ1) is 9.19. The number of aliphatic hydroxyl groups excluding tert-OH is 1. The van der Waals surface area contributed by atoms with Crippen LogP contribution < -0.4 is 5.32 Å². The van der Waals surface area contributed by atoms with Crippen LogP contribution >= 0.6 is 11.6 Å². The van der Waals surface area contributed by atoms with Gasteiger partial charge in [-0.15, -0.1) is 0 Å². The van der Waals surface area contributed by atoms with Gasteiger partial charge in [0.15, 0.2) is 0 Å². The van der Waals surface area contributed by atoms with Gasteiger partial charge in [-0.3, -0.25) is 5.32 Å². The van der Waals surface area contributed by atoms with Crippen molar-refractivity contribution in [3.8, 4) is 0 Å². The first-order valence-electron chi connectivity index (χ1n) is 3.76. The van der Waals surface area contributed by atoms with Crippen LogP contribution in [-0.2, 0) is 4.74 Å². The second kappa shape index (κ2) is 4.21. The van der Waals surface area contributed by atoms with Gasteiger partial charge in [0.05, 0.1) is 18.2 Å². The maximum absolute atomic E-state index is 9.12. The Bertz CT molecular complexity index is 225. The second-order valence-corrected chi connectivity index (χ2v) is 2.80. The van der Waals surface area contributed by atoms with E-state index in [1.54, 1.807) is 0 Å². The molecule has 5 heteroatoms. The minimum Gasteiger partial charge on any atom is -0.494 e. The summed E-state index contributed by atoms with van der Waals surface area (Å²) in [5.41, 5.74) is 0. The van der Waals surface area contributed by atoms with Crippen molar-refractivity contribution in [3.05, 3.63) is 10.9 Å². The molecule has 1 aliphatic rings. The number of rotatable bonds is 2. The van der Waals surface area contributed by atoms with Crippen molar-refractivity contribution in [1.82, 2.24) is 5.32 Å². The number of ether oxygens (including phenoxy) is 1. The molecule has 0 saturated carbocycles. The van der Waals surface area contributed by atoms with Gasteiger partial charge >= 0.3 is 0 Å². The summed E-state index contributed by atoms with van der Waals surface area (Å²) in [4.78, 5) is 3.93. The highest BCUT2D eigenvalue weighted by Gasteiger charge is 2.12. The number of nitrogens with zero attached hydrogens (tertiary/aromatic N) is 1. The molecular formula is C7H11ClN2O2. The molecule has 0 aromatic carbocycles. The monoisotopic (exact) mass is 190 g/mol. The molecule has 0 unspecified atom stereocenters. The van der Waals surface area contributed by atoms with Crippen molar-refractivity contribution < 1.29 is 9.84 Å². The highest BCUT2D eigenvalue weighted by Crippen LogP contribution is 2.09. The van der Waals surface area contributed by atoms with Gasteiger partial charge in [0, 0.05) is 0 Å². The fraction of sp³-hybridized carbons (Fsp3) is 0.571. The van der Waals surface area contributed by atoms with Crippen molar-refractivity contribution in [2.45, 2.75) is 13.3 Å². The van der Waals surface area contributed by atoms with Crippen molar-refractivity contribution in [1.29, 1.82) is 0 Å². The van der Waals surface area contributed by atoms with Crippen LogP contribution in [0.1, 0.15) is 13.3 Å². The summed E-state index contributed by atoms with van der Waals surface area (Å²) < 4.78 is 5.14. The summed E-state index contributed by atoms with van der Waals surface area (Å²) in [6.45, 7) is 2.85. The number of nitrogens with one attached hydrogen (secondary N) is 1. The topological polar surface area (TPSA) is 53.9 Å². The van der Waals surface area contributed by atoms with Gasteiger partial charge in [-0.2, -0.15) is 0 Å². The lowest BCUT2D eigenvalue weighted by Crippen LogP contribution is -2.30. The fourth-order valence-electron chi connectivity index (χ4n) is 0.705. The number of aliphatic hydroxyl groups is 1.